The number of nitrogens with one attached hydrogen (secondary N) is 2. The van der Waals surface area contributed by atoms with Crippen molar-refractivity contribution in [2.75, 3.05) is 38.7 Å². The zero-order valence-corrected chi connectivity index (χ0v) is 12.2. The molecule has 1 aliphatic heterocycles. The number of rotatable bonds is 8. The van der Waals surface area contributed by atoms with E-state index in [-0.39, 0.29) is 12.5 Å². The average molecular weight is 294 g/mol. The average Bonchev–Trinajstić information content (AvgIpc) is 2.49. The molecule has 0 saturated heterocycles. The van der Waals surface area contributed by atoms with E-state index < -0.39 is 6.10 Å². The van der Waals surface area contributed by atoms with E-state index in [1.807, 2.05) is 12.1 Å². The van der Waals surface area contributed by atoms with Crippen molar-refractivity contribution in [2.45, 2.75) is 18.9 Å². The van der Waals surface area contributed by atoms with Gasteiger partial charge in [0, 0.05) is 38.4 Å². The number of ether oxygens (including phenoxy) is 2. The topological polar surface area (TPSA) is 79.8 Å². The van der Waals surface area contributed by atoms with Crippen LogP contribution in [0, 0.1) is 0 Å². The molecule has 21 heavy (non-hydrogen) atoms. The number of methoxy groups -OCH3 is 1. The number of carbonyl (C=O) groups is 1. The molecule has 1 unspecified atom stereocenters. The van der Waals surface area contributed by atoms with Crippen LogP contribution in [0.2, 0.25) is 0 Å². The Morgan fingerprint density at radius 2 is 2.29 bits per heavy atom. The molecule has 0 aliphatic carbocycles. The predicted octanol–water partition coefficient (Wildman–Crippen LogP) is 0.547. The molecule has 116 valence electrons. The fraction of sp³-hybridized carbons (Fsp3) is 0.533. The van der Waals surface area contributed by atoms with E-state index in [1.165, 1.54) is 0 Å². The summed E-state index contributed by atoms with van der Waals surface area (Å²) in [6.45, 7) is 1.95. The summed E-state index contributed by atoms with van der Waals surface area (Å²) in [4.78, 5) is 11.4. The Morgan fingerprint density at radius 1 is 1.43 bits per heavy atom. The molecule has 2 rings (SSSR count). The second-order valence-corrected chi connectivity index (χ2v) is 5.03. The molecule has 0 spiro atoms. The minimum atomic E-state index is -0.590. The number of hydrogen-bond acceptors (Lipinski definition) is 5. The smallest absolute Gasteiger partial charge is 0.224 e. The van der Waals surface area contributed by atoms with Gasteiger partial charge in [-0.1, -0.05) is 6.07 Å². The van der Waals surface area contributed by atoms with E-state index in [1.54, 1.807) is 13.2 Å². The summed E-state index contributed by atoms with van der Waals surface area (Å²) in [5.41, 5.74) is 1.92. The molecule has 0 bridgehead atoms. The highest BCUT2D eigenvalue weighted by atomic mass is 16.5. The lowest BCUT2D eigenvalue weighted by molar-refractivity contribution is -0.116. The van der Waals surface area contributed by atoms with E-state index in [4.69, 9.17) is 9.47 Å². The van der Waals surface area contributed by atoms with Gasteiger partial charge >= 0.3 is 0 Å². The first-order valence-electron chi connectivity index (χ1n) is 7.12. The summed E-state index contributed by atoms with van der Waals surface area (Å²) >= 11 is 0. The van der Waals surface area contributed by atoms with Crippen LogP contribution in [0.15, 0.2) is 18.2 Å². The van der Waals surface area contributed by atoms with Gasteiger partial charge in [-0.05, 0) is 18.1 Å². The number of anilines is 1. The fourth-order valence-corrected chi connectivity index (χ4v) is 2.13. The highest BCUT2D eigenvalue weighted by Crippen LogP contribution is 2.27. The number of aliphatic hydroxyl groups is 1. The standard InChI is InChI=1S/C15H22N2O4/c1-20-7-6-16-9-12(18)10-21-13-4-2-11-3-5-15(19)17-14(11)8-13/h2,4,8,12,16,18H,3,5-7,9-10H2,1H3,(H,17,19). The van der Waals surface area contributed by atoms with Crippen LogP contribution in [-0.2, 0) is 16.0 Å². The Labute approximate surface area is 124 Å². The first kappa shape index (κ1) is 15.8. The third kappa shape index (κ3) is 5.00. The van der Waals surface area contributed by atoms with Crippen molar-refractivity contribution in [2.24, 2.45) is 0 Å². The molecule has 0 aromatic heterocycles. The summed E-state index contributed by atoms with van der Waals surface area (Å²) in [5.74, 6) is 0.675. The zero-order chi connectivity index (χ0) is 15.1. The van der Waals surface area contributed by atoms with Gasteiger partial charge in [-0.2, -0.15) is 0 Å². The van der Waals surface area contributed by atoms with Crippen molar-refractivity contribution in [3.8, 4) is 5.75 Å². The van der Waals surface area contributed by atoms with Gasteiger partial charge in [0.2, 0.25) is 5.91 Å². The molecule has 1 atom stereocenters. The molecule has 6 nitrogen and oxygen atoms in total. The predicted molar refractivity (Wildman–Crippen MR) is 79.6 cm³/mol. The lowest BCUT2D eigenvalue weighted by Crippen LogP contribution is -2.33. The number of benzene rings is 1. The van der Waals surface area contributed by atoms with Crippen molar-refractivity contribution in [1.82, 2.24) is 5.32 Å². The van der Waals surface area contributed by atoms with Crippen LogP contribution in [0.3, 0.4) is 0 Å². The highest BCUT2D eigenvalue weighted by Gasteiger charge is 2.15. The highest BCUT2D eigenvalue weighted by molar-refractivity contribution is 5.94. The first-order chi connectivity index (χ1) is 10.2. The third-order valence-corrected chi connectivity index (χ3v) is 3.28. The van der Waals surface area contributed by atoms with Gasteiger partial charge < -0.3 is 25.2 Å². The maximum absolute atomic E-state index is 11.4. The van der Waals surface area contributed by atoms with E-state index in [9.17, 15) is 9.90 Å². The van der Waals surface area contributed by atoms with Crippen LogP contribution in [0.4, 0.5) is 5.69 Å². The Morgan fingerprint density at radius 3 is 3.10 bits per heavy atom. The van der Waals surface area contributed by atoms with E-state index >= 15 is 0 Å². The molecule has 0 radical (unpaired) electrons. The number of aliphatic hydroxyl groups excluding tert-OH is 1. The second-order valence-electron chi connectivity index (χ2n) is 5.03. The summed E-state index contributed by atoms with van der Waals surface area (Å²) in [5, 5.41) is 15.7. The maximum atomic E-state index is 11.4. The monoisotopic (exact) mass is 294 g/mol. The quantitative estimate of drug-likeness (QED) is 0.610. The van der Waals surface area contributed by atoms with E-state index in [0.717, 1.165) is 17.7 Å². The first-order valence-corrected chi connectivity index (χ1v) is 7.12. The molecule has 0 fully saturated rings. The molecule has 1 aromatic rings. The lowest BCUT2D eigenvalue weighted by Gasteiger charge is -2.18. The molecule has 1 amide bonds. The van der Waals surface area contributed by atoms with Crippen molar-refractivity contribution in [3.63, 3.8) is 0 Å². The fourth-order valence-electron chi connectivity index (χ4n) is 2.13. The number of hydrogen-bond donors (Lipinski definition) is 3. The number of aryl methyl sites for hydroxylation is 1. The SMILES string of the molecule is COCCNCC(O)COc1ccc2c(c1)NC(=O)CC2. The molecule has 6 heteroatoms. The maximum Gasteiger partial charge on any atom is 0.224 e. The molecule has 1 heterocycles. The summed E-state index contributed by atoms with van der Waals surface area (Å²) in [6, 6.07) is 5.62. The molecular formula is C15H22N2O4. The normalized spacial score (nSPS) is 15.2. The van der Waals surface area contributed by atoms with Crippen molar-refractivity contribution >= 4 is 11.6 Å². The second kappa shape index (κ2) is 7.97. The van der Waals surface area contributed by atoms with E-state index in [2.05, 4.69) is 10.6 Å². The van der Waals surface area contributed by atoms with Gasteiger partial charge in [0.1, 0.15) is 18.5 Å². The van der Waals surface area contributed by atoms with Crippen molar-refractivity contribution in [1.29, 1.82) is 0 Å². The molecule has 0 saturated carbocycles. The summed E-state index contributed by atoms with van der Waals surface area (Å²) < 4.78 is 10.5. The Balaban J connectivity index is 1.78. The minimum absolute atomic E-state index is 0.0297. The van der Waals surface area contributed by atoms with Crippen LogP contribution in [0.1, 0.15) is 12.0 Å². The van der Waals surface area contributed by atoms with Gasteiger partial charge in [0.05, 0.1) is 6.61 Å². The van der Waals surface area contributed by atoms with Crippen molar-refractivity contribution < 1.29 is 19.4 Å². The van der Waals surface area contributed by atoms with Crippen molar-refractivity contribution in [3.05, 3.63) is 23.8 Å². The zero-order valence-electron chi connectivity index (χ0n) is 12.2. The van der Waals surface area contributed by atoms with E-state index in [0.29, 0.717) is 31.9 Å². The molecule has 1 aliphatic rings. The van der Waals surface area contributed by atoms with Crippen LogP contribution >= 0.6 is 0 Å². The Bertz CT molecular complexity index is 479. The van der Waals surface area contributed by atoms with Crippen LogP contribution in [0.5, 0.6) is 5.75 Å². The van der Waals surface area contributed by atoms with Gasteiger partial charge in [0.25, 0.3) is 0 Å². The van der Waals surface area contributed by atoms with Gasteiger partial charge in [-0.3, -0.25) is 4.79 Å². The Kier molecular flexibility index (Phi) is 5.98. The lowest BCUT2D eigenvalue weighted by atomic mass is 10.0. The Hall–Kier alpha value is -1.63. The minimum Gasteiger partial charge on any atom is -0.491 e. The number of carbonyl (C=O) groups excluding carboxylic acids is 1. The summed E-state index contributed by atoms with van der Waals surface area (Å²) in [6.07, 6.45) is 0.694. The van der Waals surface area contributed by atoms with Gasteiger partial charge in [-0.15, -0.1) is 0 Å². The molecular weight excluding hydrogens is 272 g/mol. The number of amides is 1. The largest absolute Gasteiger partial charge is 0.491 e. The third-order valence-electron chi connectivity index (χ3n) is 3.28. The van der Waals surface area contributed by atoms with Crippen LogP contribution in [0.25, 0.3) is 0 Å². The van der Waals surface area contributed by atoms with Gasteiger partial charge in [-0.25, -0.2) is 0 Å². The van der Waals surface area contributed by atoms with Gasteiger partial charge in [0.15, 0.2) is 0 Å². The molecule has 1 aromatic carbocycles. The number of fused-ring (bicyclic) bond motifs is 1. The molecule has 3 N–H and O–H groups in total. The summed E-state index contributed by atoms with van der Waals surface area (Å²) in [7, 11) is 1.64. The van der Waals surface area contributed by atoms with Crippen LogP contribution in [-0.4, -0.2) is 50.5 Å². The van der Waals surface area contributed by atoms with Crippen LogP contribution < -0.4 is 15.4 Å².